The Bertz CT molecular complexity index is 1270. The second-order valence-corrected chi connectivity index (χ2v) is 9.02. The van der Waals surface area contributed by atoms with Gasteiger partial charge in [0.1, 0.15) is 28.4 Å². The zero-order valence-electron chi connectivity index (χ0n) is 18.5. The zero-order chi connectivity index (χ0) is 25.8. The summed E-state index contributed by atoms with van der Waals surface area (Å²) < 4.78 is 39.1. The summed E-state index contributed by atoms with van der Waals surface area (Å²) in [5.74, 6) is -1.90. The van der Waals surface area contributed by atoms with Crippen LogP contribution in [0.1, 0.15) is 80.2 Å². The molecule has 0 fully saturated rings. The van der Waals surface area contributed by atoms with Gasteiger partial charge in [0.05, 0.1) is 21.8 Å². The van der Waals surface area contributed by atoms with Crippen LogP contribution < -0.4 is 5.32 Å². The molecular formula is C22H19ClF3N5O3S. The Morgan fingerprint density at radius 1 is 1.06 bits per heavy atom. The summed E-state index contributed by atoms with van der Waals surface area (Å²) in [6.45, 7) is 3.60. The number of halogens is 4. The van der Waals surface area contributed by atoms with Gasteiger partial charge in [0, 0.05) is 25.0 Å². The Morgan fingerprint density at radius 3 is 2.40 bits per heavy atom. The Morgan fingerprint density at radius 2 is 1.74 bits per heavy atom. The molecule has 0 aliphatic heterocycles. The van der Waals surface area contributed by atoms with E-state index in [9.17, 15) is 27.6 Å². The minimum Gasteiger partial charge on any atom is -0.306 e. The van der Waals surface area contributed by atoms with Crippen molar-refractivity contribution in [2.45, 2.75) is 45.2 Å². The van der Waals surface area contributed by atoms with E-state index in [0.717, 1.165) is 17.5 Å². The third-order valence-electron chi connectivity index (χ3n) is 4.78. The molecule has 3 aromatic heterocycles. The van der Waals surface area contributed by atoms with Crippen LogP contribution >= 0.6 is 22.9 Å². The van der Waals surface area contributed by atoms with Gasteiger partial charge in [-0.15, -0.1) is 11.3 Å². The second kappa shape index (κ2) is 11.0. The molecule has 1 N–H and O–H groups in total. The number of hydrogen-bond acceptors (Lipinski definition) is 8. The van der Waals surface area contributed by atoms with Gasteiger partial charge in [-0.2, -0.15) is 13.2 Å². The molecule has 0 saturated carbocycles. The second-order valence-electron chi connectivity index (χ2n) is 7.55. The summed E-state index contributed by atoms with van der Waals surface area (Å²) in [4.78, 5) is 53.0. The summed E-state index contributed by atoms with van der Waals surface area (Å²) in [6.07, 6.45) is -0.479. The monoisotopic (exact) mass is 525 g/mol. The highest BCUT2D eigenvalue weighted by Crippen LogP contribution is 2.35. The molecule has 0 bridgehead atoms. The first-order valence-electron chi connectivity index (χ1n) is 10.4. The number of nitrogens with zero attached hydrogens (tertiary/aromatic N) is 4. The maximum absolute atomic E-state index is 13.0. The number of Topliss-reactive ketones (excluding diaryl/α,β-unsaturated/α-hetero) is 2. The number of nitrogens with one attached hydrogen (secondary N) is 1. The van der Waals surface area contributed by atoms with Gasteiger partial charge in [0.15, 0.2) is 11.6 Å². The predicted octanol–water partition coefficient (Wildman–Crippen LogP) is 5.61. The van der Waals surface area contributed by atoms with Gasteiger partial charge < -0.3 is 5.32 Å². The van der Waals surface area contributed by atoms with E-state index in [2.05, 4.69) is 25.3 Å². The molecule has 0 spiro atoms. The number of pyridine rings is 1. The number of hydrogen-bond donors (Lipinski definition) is 1. The van der Waals surface area contributed by atoms with Gasteiger partial charge in [-0.3, -0.25) is 14.4 Å². The molecule has 3 heterocycles. The van der Waals surface area contributed by atoms with Gasteiger partial charge in [0.2, 0.25) is 0 Å². The van der Waals surface area contributed by atoms with Gasteiger partial charge in [-0.1, -0.05) is 25.4 Å². The summed E-state index contributed by atoms with van der Waals surface area (Å²) in [5.41, 5.74) is -0.837. The number of carbonyl (C=O) groups excluding carboxylic acids is 3. The fraction of sp³-hybridized carbons (Fsp3) is 0.318. The molecule has 0 aliphatic carbocycles. The van der Waals surface area contributed by atoms with E-state index in [1.54, 1.807) is 6.92 Å². The first-order chi connectivity index (χ1) is 16.5. The van der Waals surface area contributed by atoms with Crippen molar-refractivity contribution in [2.75, 3.05) is 5.32 Å². The average molecular weight is 526 g/mol. The maximum atomic E-state index is 13.0. The van der Waals surface area contributed by atoms with Crippen molar-refractivity contribution in [2.24, 2.45) is 0 Å². The molecule has 3 aromatic rings. The van der Waals surface area contributed by atoms with Crippen LogP contribution in [0.4, 0.5) is 19.0 Å². The van der Waals surface area contributed by atoms with Crippen molar-refractivity contribution >= 4 is 46.2 Å². The third kappa shape index (κ3) is 6.67. The number of amides is 1. The molecule has 0 saturated heterocycles. The lowest BCUT2D eigenvalue weighted by Crippen LogP contribution is -2.13. The van der Waals surface area contributed by atoms with Crippen LogP contribution in [0, 0.1) is 0 Å². The van der Waals surface area contributed by atoms with E-state index in [0.29, 0.717) is 23.9 Å². The molecule has 8 nitrogen and oxygen atoms in total. The van der Waals surface area contributed by atoms with Crippen LogP contribution in [-0.2, 0) is 6.18 Å². The van der Waals surface area contributed by atoms with Gasteiger partial charge >= 0.3 is 6.18 Å². The quantitative estimate of drug-likeness (QED) is 0.361. The summed E-state index contributed by atoms with van der Waals surface area (Å²) >= 11 is 6.54. The molecular weight excluding hydrogens is 507 g/mol. The highest BCUT2D eigenvalue weighted by Gasteiger charge is 2.34. The topological polar surface area (TPSA) is 115 Å². The predicted molar refractivity (Wildman–Crippen MR) is 123 cm³/mol. The Kier molecular flexibility index (Phi) is 8.28. The van der Waals surface area contributed by atoms with E-state index in [1.165, 1.54) is 18.6 Å². The number of rotatable bonds is 9. The average Bonchev–Trinajstić information content (AvgIpc) is 3.30. The van der Waals surface area contributed by atoms with Crippen LogP contribution in [0.25, 0.3) is 0 Å². The smallest absolute Gasteiger partial charge is 0.306 e. The minimum absolute atomic E-state index is 0.0146. The van der Waals surface area contributed by atoms with E-state index >= 15 is 0 Å². The van der Waals surface area contributed by atoms with Crippen molar-refractivity contribution in [3.63, 3.8) is 0 Å². The first-order valence-corrected chi connectivity index (χ1v) is 11.6. The van der Waals surface area contributed by atoms with Crippen molar-refractivity contribution in [1.29, 1.82) is 0 Å². The molecule has 1 atom stereocenters. The molecule has 13 heteroatoms. The Balaban J connectivity index is 1.67. The van der Waals surface area contributed by atoms with Crippen molar-refractivity contribution in [1.82, 2.24) is 19.9 Å². The van der Waals surface area contributed by atoms with E-state index in [-0.39, 0.29) is 46.0 Å². The fourth-order valence-corrected chi connectivity index (χ4v) is 4.08. The first kappa shape index (κ1) is 26.4. The van der Waals surface area contributed by atoms with E-state index in [4.69, 9.17) is 11.6 Å². The highest BCUT2D eigenvalue weighted by molar-refractivity contribution is 7.13. The largest absolute Gasteiger partial charge is 0.418 e. The number of anilines is 1. The molecule has 1 amide bonds. The van der Waals surface area contributed by atoms with Crippen LogP contribution in [0.5, 0.6) is 0 Å². The number of aromatic nitrogens is 4. The molecule has 0 aromatic carbocycles. The lowest BCUT2D eigenvalue weighted by atomic mass is 10.0. The lowest BCUT2D eigenvalue weighted by molar-refractivity contribution is -0.137. The van der Waals surface area contributed by atoms with E-state index in [1.807, 2.05) is 6.92 Å². The summed E-state index contributed by atoms with van der Waals surface area (Å²) in [6, 6.07) is 2.01. The van der Waals surface area contributed by atoms with Gasteiger partial charge in [-0.05, 0) is 18.6 Å². The van der Waals surface area contributed by atoms with E-state index < -0.39 is 22.7 Å². The van der Waals surface area contributed by atoms with Crippen molar-refractivity contribution in [3.05, 3.63) is 62.7 Å². The molecule has 184 valence electrons. The standard InChI is InChI=1S/C22H19ClF3N5O3S/c1-3-4-16(32)14-7-15(30-10-29-14)17(33)5-11(2)21-28-9-18(35-21)20(34)31-19-6-12(22(24,25)26)13(23)8-27-19/h6-11H,3-5H2,1-2H3,(H,27,31,34)/t11-/m0/s1. The number of carbonyl (C=O) groups is 3. The van der Waals surface area contributed by atoms with Crippen molar-refractivity contribution in [3.8, 4) is 0 Å². The van der Waals surface area contributed by atoms with Crippen LogP contribution in [0.2, 0.25) is 5.02 Å². The normalized spacial score (nSPS) is 12.3. The summed E-state index contributed by atoms with van der Waals surface area (Å²) in [7, 11) is 0. The lowest BCUT2D eigenvalue weighted by Gasteiger charge is -2.10. The van der Waals surface area contributed by atoms with Gasteiger partial charge in [-0.25, -0.2) is 19.9 Å². The molecule has 3 rings (SSSR count). The Labute approximate surface area is 207 Å². The van der Waals surface area contributed by atoms with Crippen LogP contribution in [-0.4, -0.2) is 37.4 Å². The zero-order valence-corrected chi connectivity index (χ0v) is 20.1. The SMILES string of the molecule is CCCC(=O)c1cc(C(=O)C[C@H](C)c2ncc(C(=O)Nc3cc(C(F)(F)F)c(Cl)cn3)s2)ncn1. The molecule has 0 unspecified atom stereocenters. The Hall–Kier alpha value is -3.25. The molecule has 0 radical (unpaired) electrons. The minimum atomic E-state index is -4.70. The number of thiazole rings is 1. The fourth-order valence-electron chi connectivity index (χ4n) is 3.01. The highest BCUT2D eigenvalue weighted by atomic mass is 35.5. The summed E-state index contributed by atoms with van der Waals surface area (Å²) in [5, 5.41) is 2.18. The van der Waals surface area contributed by atoms with Crippen LogP contribution in [0.3, 0.4) is 0 Å². The van der Waals surface area contributed by atoms with Crippen LogP contribution in [0.15, 0.2) is 30.9 Å². The maximum Gasteiger partial charge on any atom is 0.418 e. The molecule has 0 aliphatic rings. The molecule has 35 heavy (non-hydrogen) atoms. The third-order valence-corrected chi connectivity index (χ3v) is 6.31. The number of ketones is 2. The number of alkyl halides is 3. The van der Waals surface area contributed by atoms with Crippen molar-refractivity contribution < 1.29 is 27.6 Å². The van der Waals surface area contributed by atoms with Gasteiger partial charge in [0.25, 0.3) is 5.91 Å².